The fraction of sp³-hybridized carbons (Fsp3) is 0.857. The van der Waals surface area contributed by atoms with Crippen molar-refractivity contribution in [3.05, 3.63) is 0 Å². The number of hydrogen-bond donors (Lipinski definition) is 1. The van der Waals surface area contributed by atoms with Crippen LogP contribution >= 0.6 is 0 Å². The molecule has 0 spiro atoms. The third kappa shape index (κ3) is 9.65. The highest BCUT2D eigenvalue weighted by Gasteiger charge is 1.84. The fourth-order valence-corrected chi connectivity index (χ4v) is 0.983. The van der Waals surface area contributed by atoms with E-state index in [1.165, 1.54) is 18.2 Å². The molecule has 0 heterocycles. The van der Waals surface area contributed by atoms with Gasteiger partial charge in [0, 0.05) is 11.9 Å². The predicted molar refractivity (Wildman–Crippen MR) is 47.4 cm³/mol. The van der Waals surface area contributed by atoms with Gasteiger partial charge < -0.3 is 5.32 Å². The van der Waals surface area contributed by atoms with Gasteiger partial charge in [0.05, 0.1) is 0 Å². The summed E-state index contributed by atoms with van der Waals surface area (Å²) >= 11 is 0. The van der Waals surface area contributed by atoms with Crippen LogP contribution in [0.1, 0.15) is 26.2 Å². The van der Waals surface area contributed by atoms with Crippen LogP contribution in [0.5, 0.6) is 0 Å². The van der Waals surface area contributed by atoms with E-state index in [4.69, 9.17) is 0 Å². The molecule has 0 saturated heterocycles. The lowest BCUT2D eigenvalue weighted by molar-refractivity contribution is 0.626. The third-order valence-corrected chi connectivity index (χ3v) is 1.76. The van der Waals surface area contributed by atoms with Crippen molar-refractivity contribution in [2.75, 3.05) is 13.1 Å². The third-order valence-electron chi connectivity index (χ3n) is 1.32. The Labute approximate surface area is 69.3 Å². The molecule has 0 aliphatic heterocycles. The minimum atomic E-state index is -2.01. The van der Waals surface area contributed by atoms with Crippen molar-refractivity contribution in [2.24, 2.45) is 0 Å². The summed E-state index contributed by atoms with van der Waals surface area (Å²) in [5.74, 6) is 0. The van der Waals surface area contributed by atoms with Crippen molar-refractivity contribution in [2.45, 2.75) is 26.2 Å². The molecule has 0 amide bonds. The van der Waals surface area contributed by atoms with E-state index in [-0.39, 0.29) is 0 Å². The smallest absolute Gasteiger partial charge is 0.211 e. The van der Waals surface area contributed by atoms with E-state index in [9.17, 15) is 8.42 Å². The van der Waals surface area contributed by atoms with Gasteiger partial charge in [0.25, 0.3) is 0 Å². The first-order chi connectivity index (χ1) is 5.27. The molecule has 0 aliphatic carbocycles. The van der Waals surface area contributed by atoms with Gasteiger partial charge in [0.2, 0.25) is 10.3 Å². The SMILES string of the molecule is CCCCCNCC=S(=O)=O. The summed E-state index contributed by atoms with van der Waals surface area (Å²) < 4.78 is 20.0. The van der Waals surface area contributed by atoms with E-state index < -0.39 is 10.3 Å². The standard InChI is InChI=1S/C7H15NO2S/c1-2-3-4-5-8-6-7-11(9)10/h7-8H,2-6H2,1H3. The normalized spacial score (nSPS) is 9.55. The number of rotatable bonds is 6. The lowest BCUT2D eigenvalue weighted by atomic mass is 10.2. The van der Waals surface area contributed by atoms with Crippen molar-refractivity contribution in [3.8, 4) is 0 Å². The average molecular weight is 177 g/mol. The Morgan fingerprint density at radius 1 is 1.36 bits per heavy atom. The fourth-order valence-electron chi connectivity index (χ4n) is 0.729. The van der Waals surface area contributed by atoms with Crippen LogP contribution in [0.2, 0.25) is 0 Å². The Morgan fingerprint density at radius 2 is 2.09 bits per heavy atom. The van der Waals surface area contributed by atoms with Crippen molar-refractivity contribution in [1.29, 1.82) is 0 Å². The number of hydrogen-bond acceptors (Lipinski definition) is 3. The highest BCUT2D eigenvalue weighted by molar-refractivity contribution is 7.71. The van der Waals surface area contributed by atoms with Gasteiger partial charge in [0.15, 0.2) is 0 Å². The van der Waals surface area contributed by atoms with E-state index >= 15 is 0 Å². The first-order valence-electron chi connectivity index (χ1n) is 3.89. The summed E-state index contributed by atoms with van der Waals surface area (Å²) in [6.45, 7) is 3.50. The molecule has 0 rings (SSSR count). The van der Waals surface area contributed by atoms with Crippen molar-refractivity contribution in [1.82, 2.24) is 5.32 Å². The lowest BCUT2D eigenvalue weighted by Crippen LogP contribution is -2.17. The molecule has 0 radical (unpaired) electrons. The van der Waals surface area contributed by atoms with Gasteiger partial charge in [-0.2, -0.15) is 8.42 Å². The maximum atomic E-state index is 9.99. The monoisotopic (exact) mass is 177 g/mol. The van der Waals surface area contributed by atoms with Crippen molar-refractivity contribution in [3.63, 3.8) is 0 Å². The van der Waals surface area contributed by atoms with Crippen LogP contribution in [0, 0.1) is 0 Å². The first-order valence-corrected chi connectivity index (χ1v) is 5.03. The molecule has 0 aromatic carbocycles. The van der Waals surface area contributed by atoms with Crippen LogP contribution in [-0.4, -0.2) is 26.9 Å². The molecular formula is C7H15NO2S. The minimum Gasteiger partial charge on any atom is -0.312 e. The molecule has 0 atom stereocenters. The number of unbranched alkanes of at least 4 members (excludes halogenated alkanes) is 2. The molecule has 1 N–H and O–H groups in total. The molecule has 0 unspecified atom stereocenters. The van der Waals surface area contributed by atoms with Gasteiger partial charge in [-0.25, -0.2) is 0 Å². The number of nitrogens with one attached hydrogen (secondary N) is 1. The van der Waals surface area contributed by atoms with Gasteiger partial charge in [0.1, 0.15) is 0 Å². The second-order valence-electron chi connectivity index (χ2n) is 2.34. The van der Waals surface area contributed by atoms with Crippen LogP contribution in [0.15, 0.2) is 0 Å². The molecule has 0 aromatic heterocycles. The Kier molecular flexibility index (Phi) is 7.51. The molecule has 0 aromatic rings. The van der Waals surface area contributed by atoms with Crippen molar-refractivity contribution >= 4 is 15.7 Å². The molecular weight excluding hydrogens is 162 g/mol. The maximum Gasteiger partial charge on any atom is 0.211 e. The van der Waals surface area contributed by atoms with Crippen LogP contribution in [0.25, 0.3) is 0 Å². The molecule has 3 nitrogen and oxygen atoms in total. The van der Waals surface area contributed by atoms with E-state index in [0.29, 0.717) is 6.54 Å². The van der Waals surface area contributed by atoms with E-state index in [2.05, 4.69) is 12.2 Å². The average Bonchev–Trinajstić information content (AvgIpc) is 1.96. The summed E-state index contributed by atoms with van der Waals surface area (Å²) in [7, 11) is -2.01. The topological polar surface area (TPSA) is 46.2 Å². The van der Waals surface area contributed by atoms with E-state index in [1.54, 1.807) is 0 Å². The molecule has 0 aliphatic rings. The van der Waals surface area contributed by atoms with Crippen LogP contribution in [0.4, 0.5) is 0 Å². The Balaban J connectivity index is 3.09. The molecule has 0 fully saturated rings. The van der Waals surface area contributed by atoms with Gasteiger partial charge in [-0.1, -0.05) is 19.8 Å². The zero-order valence-electron chi connectivity index (χ0n) is 6.84. The van der Waals surface area contributed by atoms with Gasteiger partial charge in [-0.05, 0) is 13.0 Å². The highest BCUT2D eigenvalue weighted by Crippen LogP contribution is 1.89. The molecule has 11 heavy (non-hydrogen) atoms. The maximum absolute atomic E-state index is 9.99. The first kappa shape index (κ1) is 10.7. The van der Waals surface area contributed by atoms with E-state index in [1.807, 2.05) is 0 Å². The second kappa shape index (κ2) is 7.75. The predicted octanol–water partition coefficient (Wildman–Crippen LogP) is 0.448. The molecule has 0 saturated carbocycles. The summed E-state index contributed by atoms with van der Waals surface area (Å²) in [6.07, 6.45) is 3.52. The van der Waals surface area contributed by atoms with Gasteiger partial charge in [-0.15, -0.1) is 0 Å². The minimum absolute atomic E-state index is 0.458. The van der Waals surface area contributed by atoms with Gasteiger partial charge >= 0.3 is 0 Å². The summed E-state index contributed by atoms with van der Waals surface area (Å²) in [6, 6.07) is 0. The Morgan fingerprint density at radius 3 is 2.64 bits per heavy atom. The van der Waals surface area contributed by atoms with Crippen LogP contribution < -0.4 is 5.32 Å². The lowest BCUT2D eigenvalue weighted by Gasteiger charge is -1.97. The van der Waals surface area contributed by atoms with Gasteiger partial charge in [-0.3, -0.25) is 0 Å². The summed E-state index contributed by atoms with van der Waals surface area (Å²) in [4.78, 5) is 0. The zero-order chi connectivity index (χ0) is 8.53. The quantitative estimate of drug-likeness (QED) is 0.473. The van der Waals surface area contributed by atoms with Crippen LogP contribution in [0.3, 0.4) is 0 Å². The molecule has 0 bridgehead atoms. The largest absolute Gasteiger partial charge is 0.312 e. The second-order valence-corrected chi connectivity index (χ2v) is 3.19. The summed E-state index contributed by atoms with van der Waals surface area (Å²) in [5.41, 5.74) is 0. The Hall–Kier alpha value is -0.350. The van der Waals surface area contributed by atoms with Crippen LogP contribution in [-0.2, 0) is 10.3 Å². The zero-order valence-corrected chi connectivity index (χ0v) is 7.65. The highest BCUT2D eigenvalue weighted by atomic mass is 32.2. The molecule has 66 valence electrons. The van der Waals surface area contributed by atoms with Crippen molar-refractivity contribution < 1.29 is 8.42 Å². The summed E-state index contributed by atoms with van der Waals surface area (Å²) in [5, 5.41) is 4.23. The Bertz CT molecular complexity index is 188. The van der Waals surface area contributed by atoms with E-state index in [0.717, 1.165) is 13.0 Å². The molecule has 4 heteroatoms.